The van der Waals surface area contributed by atoms with E-state index in [4.69, 9.17) is 4.74 Å². The molecule has 5 heteroatoms. The van der Waals surface area contributed by atoms with Gasteiger partial charge in [-0.15, -0.1) is 4.31 Å². The average molecular weight is 361 g/mol. The predicted molar refractivity (Wildman–Crippen MR) is 104 cm³/mol. The Bertz CT molecular complexity index is 740. The van der Waals surface area contributed by atoms with Gasteiger partial charge < -0.3 is 9.29 Å². The first kappa shape index (κ1) is 18.5. The van der Waals surface area contributed by atoms with E-state index < -0.39 is 11.4 Å². The number of hydrogen-bond donors (Lipinski definition) is 0. The Kier molecular flexibility index (Phi) is 5.28. The summed E-state index contributed by atoms with van der Waals surface area (Å²) in [6.07, 6.45) is 4.29. The van der Waals surface area contributed by atoms with Crippen molar-refractivity contribution in [2.24, 2.45) is 5.92 Å². The lowest BCUT2D eigenvalue weighted by atomic mass is 9.98. The highest BCUT2D eigenvalue weighted by Gasteiger charge is 2.45. The Labute approximate surface area is 153 Å². The number of fused-ring (bicyclic) bond motifs is 1. The van der Waals surface area contributed by atoms with Gasteiger partial charge in [0.1, 0.15) is 4.75 Å². The molecular weight excluding hydrogens is 332 g/mol. The van der Waals surface area contributed by atoms with E-state index in [9.17, 15) is 4.55 Å². The summed E-state index contributed by atoms with van der Waals surface area (Å²) in [5.41, 5.74) is 1.17. The van der Waals surface area contributed by atoms with Crippen molar-refractivity contribution < 1.29 is 9.29 Å². The Morgan fingerprint density at radius 3 is 2.44 bits per heavy atom. The third-order valence-electron chi connectivity index (χ3n) is 4.73. The van der Waals surface area contributed by atoms with Crippen LogP contribution in [0.15, 0.2) is 30.5 Å². The third kappa shape index (κ3) is 3.64. The molecule has 2 atom stereocenters. The van der Waals surface area contributed by atoms with Gasteiger partial charge >= 0.3 is 0 Å². The van der Waals surface area contributed by atoms with E-state index in [1.54, 1.807) is 7.11 Å². The summed E-state index contributed by atoms with van der Waals surface area (Å²) in [6, 6.07) is 8.36. The second kappa shape index (κ2) is 7.14. The predicted octanol–water partition coefficient (Wildman–Crippen LogP) is 4.48. The smallest absolute Gasteiger partial charge is 0.221 e. The van der Waals surface area contributed by atoms with Crippen molar-refractivity contribution in [2.45, 2.75) is 51.3 Å². The molecule has 0 aliphatic heterocycles. The minimum atomic E-state index is -1.06. The second-order valence-corrected chi connectivity index (χ2v) is 9.84. The molecule has 0 bridgehead atoms. The van der Waals surface area contributed by atoms with Crippen LogP contribution in [0.1, 0.15) is 52.1 Å². The minimum Gasteiger partial charge on any atom is -0.597 e. The quantitative estimate of drug-likeness (QED) is 0.713. The van der Waals surface area contributed by atoms with E-state index in [1.807, 2.05) is 45.2 Å². The fraction of sp³-hybridized carbons (Fsp3) is 0.550. The van der Waals surface area contributed by atoms with Crippen molar-refractivity contribution in [3.05, 3.63) is 36.0 Å². The molecule has 4 nitrogen and oxygen atoms in total. The van der Waals surface area contributed by atoms with Crippen LogP contribution in [0.5, 0.6) is 5.88 Å². The SMILES string of the molecule is CCN([C@H](c1cnc(OC)c2ccccc12)C1CC1)[S@@+]([O-])C(C)(C)C. The van der Waals surface area contributed by atoms with E-state index in [-0.39, 0.29) is 10.8 Å². The zero-order valence-corrected chi connectivity index (χ0v) is 16.6. The summed E-state index contributed by atoms with van der Waals surface area (Å²) in [6.45, 7) is 8.98. The number of nitrogens with zero attached hydrogens (tertiary/aromatic N) is 2. The number of aromatic nitrogens is 1. The lowest BCUT2D eigenvalue weighted by Gasteiger charge is -2.37. The van der Waals surface area contributed by atoms with Crippen molar-refractivity contribution in [3.8, 4) is 5.88 Å². The van der Waals surface area contributed by atoms with Crippen molar-refractivity contribution in [3.63, 3.8) is 0 Å². The fourth-order valence-corrected chi connectivity index (χ4v) is 4.84. The molecule has 2 aromatic rings. The molecule has 0 spiro atoms. The zero-order chi connectivity index (χ0) is 18.2. The molecule has 0 N–H and O–H groups in total. The Balaban J connectivity index is 2.12. The molecule has 0 saturated heterocycles. The number of hydrogen-bond acceptors (Lipinski definition) is 4. The molecule has 1 aromatic carbocycles. The van der Waals surface area contributed by atoms with Gasteiger partial charge in [0.15, 0.2) is 0 Å². The molecule has 1 aliphatic rings. The fourth-order valence-electron chi connectivity index (χ4n) is 3.41. The van der Waals surface area contributed by atoms with Crippen LogP contribution in [0.2, 0.25) is 0 Å². The maximum Gasteiger partial charge on any atom is 0.221 e. The van der Waals surface area contributed by atoms with E-state index in [0.29, 0.717) is 11.8 Å². The van der Waals surface area contributed by atoms with Crippen molar-refractivity contribution in [1.82, 2.24) is 9.29 Å². The molecular formula is C20H28N2O2S. The van der Waals surface area contributed by atoms with Crippen LogP contribution in [-0.4, -0.2) is 32.2 Å². The topological polar surface area (TPSA) is 48.4 Å². The van der Waals surface area contributed by atoms with Crippen molar-refractivity contribution >= 4 is 22.1 Å². The number of rotatable bonds is 6. The van der Waals surface area contributed by atoms with E-state index in [0.717, 1.165) is 17.3 Å². The van der Waals surface area contributed by atoms with Gasteiger partial charge in [0.25, 0.3) is 0 Å². The first-order valence-corrected chi connectivity index (χ1v) is 10.1. The molecule has 1 heterocycles. The standard InChI is InChI=1S/C20H28N2O2S/c1-6-22(25(23)20(2,3)4)18(14-11-12-14)17-13-21-19(24-5)16-10-8-7-9-15(16)17/h7-10,13-14,18H,6,11-12H2,1-5H3/t18-,25-/m0/s1. The maximum absolute atomic E-state index is 13.2. The number of methoxy groups -OCH3 is 1. The normalized spacial score (nSPS) is 17.7. The largest absolute Gasteiger partial charge is 0.597 e. The highest BCUT2D eigenvalue weighted by atomic mass is 32.2. The summed E-state index contributed by atoms with van der Waals surface area (Å²) in [4.78, 5) is 4.55. The molecule has 25 heavy (non-hydrogen) atoms. The van der Waals surface area contributed by atoms with Gasteiger partial charge in [-0.1, -0.05) is 18.2 Å². The first-order chi connectivity index (χ1) is 11.9. The third-order valence-corrected chi connectivity index (χ3v) is 6.69. The molecule has 3 rings (SSSR count). The zero-order valence-electron chi connectivity index (χ0n) is 15.8. The van der Waals surface area contributed by atoms with Crippen LogP contribution < -0.4 is 4.74 Å². The highest BCUT2D eigenvalue weighted by molar-refractivity contribution is 7.90. The number of benzene rings is 1. The second-order valence-electron chi connectivity index (χ2n) is 7.65. The van der Waals surface area contributed by atoms with Gasteiger partial charge in [-0.05, 0) is 57.9 Å². The molecule has 1 aromatic heterocycles. The van der Waals surface area contributed by atoms with Crippen LogP contribution in [-0.2, 0) is 11.4 Å². The van der Waals surface area contributed by atoms with E-state index in [1.165, 1.54) is 18.4 Å². The molecule has 0 radical (unpaired) electrons. The van der Waals surface area contributed by atoms with Crippen molar-refractivity contribution in [2.75, 3.05) is 13.7 Å². The molecule has 1 aliphatic carbocycles. The molecule has 1 fully saturated rings. The lowest BCUT2D eigenvalue weighted by Crippen LogP contribution is -2.45. The van der Waals surface area contributed by atoms with Gasteiger partial charge in [-0.3, -0.25) is 0 Å². The molecule has 136 valence electrons. The van der Waals surface area contributed by atoms with Gasteiger partial charge in [0.2, 0.25) is 5.88 Å². The van der Waals surface area contributed by atoms with Crippen molar-refractivity contribution in [1.29, 1.82) is 0 Å². The summed E-state index contributed by atoms with van der Waals surface area (Å²) in [5.74, 6) is 1.19. The highest BCUT2D eigenvalue weighted by Crippen LogP contribution is 2.48. The van der Waals surface area contributed by atoms with E-state index in [2.05, 4.69) is 22.3 Å². The first-order valence-electron chi connectivity index (χ1n) is 8.98. The molecule has 0 amide bonds. The molecule has 0 unspecified atom stereocenters. The van der Waals surface area contributed by atoms with Crippen LogP contribution in [0.4, 0.5) is 0 Å². The monoisotopic (exact) mass is 360 g/mol. The van der Waals surface area contributed by atoms with Crippen LogP contribution in [0.25, 0.3) is 10.8 Å². The van der Waals surface area contributed by atoms with Gasteiger partial charge in [0.05, 0.1) is 13.2 Å². The lowest BCUT2D eigenvalue weighted by molar-refractivity contribution is 0.299. The summed E-state index contributed by atoms with van der Waals surface area (Å²) >= 11 is -1.06. The van der Waals surface area contributed by atoms with Crippen LogP contribution in [0, 0.1) is 5.92 Å². The Hall–Kier alpha value is -1.30. The van der Waals surface area contributed by atoms with Gasteiger partial charge in [0, 0.05) is 35.1 Å². The maximum atomic E-state index is 13.2. The van der Waals surface area contributed by atoms with E-state index >= 15 is 0 Å². The average Bonchev–Trinajstić information content (AvgIpc) is 3.42. The Morgan fingerprint density at radius 1 is 1.28 bits per heavy atom. The molecule has 1 saturated carbocycles. The summed E-state index contributed by atoms with van der Waals surface area (Å²) in [5, 5.41) is 2.17. The minimum absolute atomic E-state index is 0.133. The summed E-state index contributed by atoms with van der Waals surface area (Å²) < 4.78 is 20.5. The van der Waals surface area contributed by atoms with Gasteiger partial charge in [-0.25, -0.2) is 4.98 Å². The number of ether oxygens (including phenoxy) is 1. The number of pyridine rings is 1. The Morgan fingerprint density at radius 2 is 1.92 bits per heavy atom. The van der Waals surface area contributed by atoms with Crippen LogP contribution >= 0.6 is 0 Å². The van der Waals surface area contributed by atoms with Gasteiger partial charge in [-0.2, -0.15) is 0 Å². The summed E-state index contributed by atoms with van der Waals surface area (Å²) in [7, 11) is 1.65. The van der Waals surface area contributed by atoms with Crippen LogP contribution in [0.3, 0.4) is 0 Å².